The molecule has 1 rings (SSSR count). The molecule has 0 saturated heterocycles. The van der Waals surface area contributed by atoms with E-state index in [4.69, 9.17) is 0 Å². The minimum Gasteiger partial charge on any atom is -0.142 e. The molecular formula is C6H4Br2S. The van der Waals surface area contributed by atoms with Gasteiger partial charge in [-0.25, -0.2) is 0 Å². The van der Waals surface area contributed by atoms with Crippen molar-refractivity contribution in [2.75, 3.05) is 0 Å². The lowest BCUT2D eigenvalue weighted by Gasteiger charge is -1.94. The van der Waals surface area contributed by atoms with Gasteiger partial charge in [0, 0.05) is 13.8 Å². The molecule has 0 amide bonds. The van der Waals surface area contributed by atoms with E-state index in [-0.39, 0.29) is 0 Å². The summed E-state index contributed by atoms with van der Waals surface area (Å²) in [6.45, 7) is 0. The third kappa shape index (κ3) is 1.99. The van der Waals surface area contributed by atoms with Crippen molar-refractivity contribution in [2.45, 2.75) is 4.90 Å². The van der Waals surface area contributed by atoms with Crippen molar-refractivity contribution in [3.8, 4) is 0 Å². The van der Waals surface area contributed by atoms with E-state index in [0.717, 1.165) is 13.8 Å². The highest BCUT2D eigenvalue weighted by molar-refractivity contribution is 9.11. The van der Waals surface area contributed by atoms with Crippen LogP contribution in [0.2, 0.25) is 0 Å². The maximum absolute atomic E-state index is 4.18. The summed E-state index contributed by atoms with van der Waals surface area (Å²) in [6.07, 6.45) is 0. The van der Waals surface area contributed by atoms with Crippen LogP contribution in [0.3, 0.4) is 0 Å². The molecule has 0 unspecified atom stereocenters. The standard InChI is InChI=1S/C6H4Br2S/c7-4-1-2-6(9)5(8)3-4/h1-3,9H. The predicted molar refractivity (Wildman–Crippen MR) is 49.1 cm³/mol. The number of benzene rings is 1. The highest BCUT2D eigenvalue weighted by Gasteiger charge is 1.92. The molecule has 0 radical (unpaired) electrons. The second kappa shape index (κ2) is 3.08. The van der Waals surface area contributed by atoms with Crippen molar-refractivity contribution in [3.05, 3.63) is 27.1 Å². The minimum absolute atomic E-state index is 0.957. The molecule has 0 aliphatic heterocycles. The van der Waals surface area contributed by atoms with E-state index in [1.54, 1.807) is 0 Å². The third-order valence-corrected chi connectivity index (χ3v) is 2.76. The average molecular weight is 268 g/mol. The van der Waals surface area contributed by atoms with Crippen LogP contribution in [0.15, 0.2) is 32.0 Å². The zero-order valence-corrected chi connectivity index (χ0v) is 8.50. The van der Waals surface area contributed by atoms with Crippen LogP contribution in [0.5, 0.6) is 0 Å². The van der Waals surface area contributed by atoms with Gasteiger partial charge < -0.3 is 0 Å². The van der Waals surface area contributed by atoms with Crippen molar-refractivity contribution in [3.63, 3.8) is 0 Å². The minimum atomic E-state index is 0.957. The van der Waals surface area contributed by atoms with E-state index in [0.29, 0.717) is 0 Å². The molecule has 3 heteroatoms. The molecule has 0 aromatic heterocycles. The SMILES string of the molecule is Sc1ccc(Br)cc1Br. The average Bonchev–Trinajstić information content (AvgIpc) is 1.80. The van der Waals surface area contributed by atoms with Gasteiger partial charge in [-0.3, -0.25) is 0 Å². The van der Waals surface area contributed by atoms with Crippen LogP contribution in [0.4, 0.5) is 0 Å². The van der Waals surface area contributed by atoms with Gasteiger partial charge in [0.25, 0.3) is 0 Å². The zero-order valence-electron chi connectivity index (χ0n) is 4.44. The lowest BCUT2D eigenvalue weighted by atomic mass is 10.4. The first-order valence-electron chi connectivity index (χ1n) is 2.34. The third-order valence-electron chi connectivity index (χ3n) is 0.910. The quantitative estimate of drug-likeness (QED) is 0.684. The van der Waals surface area contributed by atoms with Gasteiger partial charge in [-0.2, -0.15) is 0 Å². The smallest absolute Gasteiger partial charge is 0.0319 e. The highest BCUT2D eigenvalue weighted by Crippen LogP contribution is 2.23. The maximum Gasteiger partial charge on any atom is 0.0319 e. The summed E-state index contributed by atoms with van der Waals surface area (Å²) in [6, 6.07) is 5.84. The van der Waals surface area contributed by atoms with E-state index in [2.05, 4.69) is 44.5 Å². The monoisotopic (exact) mass is 266 g/mol. The number of halogens is 2. The number of rotatable bonds is 0. The van der Waals surface area contributed by atoms with Crippen LogP contribution in [0.25, 0.3) is 0 Å². The Balaban J connectivity index is 3.17. The van der Waals surface area contributed by atoms with Crippen LogP contribution >= 0.6 is 44.5 Å². The summed E-state index contributed by atoms with van der Waals surface area (Å²) in [4.78, 5) is 0.957. The van der Waals surface area contributed by atoms with Gasteiger partial charge in [-0.05, 0) is 34.1 Å². The highest BCUT2D eigenvalue weighted by atomic mass is 79.9. The van der Waals surface area contributed by atoms with Crippen molar-refractivity contribution in [2.24, 2.45) is 0 Å². The Morgan fingerprint density at radius 2 is 1.89 bits per heavy atom. The normalized spacial score (nSPS) is 9.67. The Morgan fingerprint density at radius 1 is 1.22 bits per heavy atom. The van der Waals surface area contributed by atoms with Crippen molar-refractivity contribution in [1.29, 1.82) is 0 Å². The van der Waals surface area contributed by atoms with Gasteiger partial charge in [0.15, 0.2) is 0 Å². The summed E-state index contributed by atoms with van der Waals surface area (Å²) in [7, 11) is 0. The molecule has 0 heterocycles. The molecule has 0 aliphatic rings. The second-order valence-corrected chi connectivity index (χ2v) is 3.85. The van der Waals surface area contributed by atoms with Gasteiger partial charge in [0.1, 0.15) is 0 Å². The molecule has 0 saturated carbocycles. The molecule has 0 nitrogen and oxygen atoms in total. The largest absolute Gasteiger partial charge is 0.142 e. The summed E-state index contributed by atoms with van der Waals surface area (Å²) in [5.41, 5.74) is 0. The molecule has 0 bridgehead atoms. The lowest BCUT2D eigenvalue weighted by Crippen LogP contribution is -1.68. The van der Waals surface area contributed by atoms with E-state index < -0.39 is 0 Å². The molecule has 0 N–H and O–H groups in total. The van der Waals surface area contributed by atoms with Crippen LogP contribution in [-0.4, -0.2) is 0 Å². The van der Waals surface area contributed by atoms with E-state index in [1.807, 2.05) is 18.2 Å². The fraction of sp³-hybridized carbons (Fsp3) is 0. The predicted octanol–water partition coefficient (Wildman–Crippen LogP) is 3.50. The van der Waals surface area contributed by atoms with Gasteiger partial charge >= 0.3 is 0 Å². The summed E-state index contributed by atoms with van der Waals surface area (Å²) < 4.78 is 2.08. The Labute approximate surface area is 76.3 Å². The number of thiol groups is 1. The molecule has 48 valence electrons. The Morgan fingerprint density at radius 3 is 2.33 bits per heavy atom. The Hall–Kier alpha value is 0.530. The summed E-state index contributed by atoms with van der Waals surface area (Å²) >= 11 is 10.8. The first-order chi connectivity index (χ1) is 4.20. The maximum atomic E-state index is 4.18. The van der Waals surface area contributed by atoms with Crippen LogP contribution < -0.4 is 0 Å². The van der Waals surface area contributed by atoms with E-state index >= 15 is 0 Å². The van der Waals surface area contributed by atoms with E-state index in [9.17, 15) is 0 Å². The van der Waals surface area contributed by atoms with Gasteiger partial charge in [0.2, 0.25) is 0 Å². The van der Waals surface area contributed by atoms with Gasteiger partial charge in [-0.1, -0.05) is 15.9 Å². The second-order valence-electron chi connectivity index (χ2n) is 1.60. The molecule has 9 heavy (non-hydrogen) atoms. The molecular weight excluding hydrogens is 264 g/mol. The first kappa shape index (κ1) is 7.63. The number of hydrogen-bond acceptors (Lipinski definition) is 1. The molecule has 0 fully saturated rings. The van der Waals surface area contributed by atoms with Gasteiger partial charge in [0.05, 0.1) is 0 Å². The molecule has 1 aromatic carbocycles. The Bertz CT molecular complexity index is 222. The fourth-order valence-electron chi connectivity index (χ4n) is 0.481. The zero-order chi connectivity index (χ0) is 6.85. The molecule has 0 spiro atoms. The lowest BCUT2D eigenvalue weighted by molar-refractivity contribution is 1.40. The summed E-state index contributed by atoms with van der Waals surface area (Å²) in [5.74, 6) is 0. The van der Waals surface area contributed by atoms with Crippen molar-refractivity contribution >= 4 is 44.5 Å². The van der Waals surface area contributed by atoms with Gasteiger partial charge in [-0.15, -0.1) is 12.6 Å². The van der Waals surface area contributed by atoms with Crippen molar-refractivity contribution < 1.29 is 0 Å². The van der Waals surface area contributed by atoms with Crippen molar-refractivity contribution in [1.82, 2.24) is 0 Å². The van der Waals surface area contributed by atoms with E-state index in [1.165, 1.54) is 0 Å². The summed E-state index contributed by atoms with van der Waals surface area (Å²) in [5, 5.41) is 0. The topological polar surface area (TPSA) is 0 Å². The van der Waals surface area contributed by atoms with Crippen LogP contribution in [0, 0.1) is 0 Å². The van der Waals surface area contributed by atoms with Crippen LogP contribution in [0.1, 0.15) is 0 Å². The number of hydrogen-bond donors (Lipinski definition) is 1. The molecule has 1 aromatic rings. The van der Waals surface area contributed by atoms with Crippen LogP contribution in [-0.2, 0) is 0 Å². The first-order valence-corrected chi connectivity index (χ1v) is 4.37. The Kier molecular flexibility index (Phi) is 2.61. The fourth-order valence-corrected chi connectivity index (χ4v) is 1.67. The molecule has 0 atom stereocenters. The molecule has 0 aliphatic carbocycles.